The van der Waals surface area contributed by atoms with E-state index in [4.69, 9.17) is 11.6 Å². The lowest BCUT2D eigenvalue weighted by molar-refractivity contribution is 0.626. The van der Waals surface area contributed by atoms with Gasteiger partial charge in [-0.1, -0.05) is 23.7 Å². The normalized spacial score (nSPS) is 10.8. The predicted molar refractivity (Wildman–Crippen MR) is 78.4 cm³/mol. The summed E-state index contributed by atoms with van der Waals surface area (Å²) in [6.07, 6.45) is 0. The van der Waals surface area contributed by atoms with E-state index >= 15 is 0 Å². The molecule has 0 atom stereocenters. The minimum atomic E-state index is -0.239. The molecule has 3 aromatic rings. The number of nitrogens with one attached hydrogen (secondary N) is 1. The number of fused-ring (bicyclic) bond motifs is 1. The van der Waals surface area contributed by atoms with Crippen molar-refractivity contribution in [3.05, 3.63) is 58.3 Å². The molecular formula is C14H10ClFN2S. The zero-order valence-corrected chi connectivity index (χ0v) is 11.4. The van der Waals surface area contributed by atoms with Crippen molar-refractivity contribution in [1.29, 1.82) is 0 Å². The van der Waals surface area contributed by atoms with Crippen molar-refractivity contribution in [1.82, 2.24) is 4.98 Å². The number of nitrogens with zero attached hydrogens (tertiary/aromatic N) is 1. The van der Waals surface area contributed by atoms with Gasteiger partial charge in [0.15, 0.2) is 0 Å². The number of anilines is 1. The van der Waals surface area contributed by atoms with E-state index in [0.29, 0.717) is 11.6 Å². The Morgan fingerprint density at radius 3 is 3.00 bits per heavy atom. The monoisotopic (exact) mass is 292 g/mol. The quantitative estimate of drug-likeness (QED) is 0.757. The topological polar surface area (TPSA) is 24.9 Å². The first-order valence-electron chi connectivity index (χ1n) is 5.74. The first kappa shape index (κ1) is 12.4. The molecule has 0 amide bonds. The molecule has 1 N–H and O–H groups in total. The molecule has 2 aromatic carbocycles. The number of benzene rings is 2. The zero-order valence-electron chi connectivity index (χ0n) is 9.86. The van der Waals surface area contributed by atoms with Crippen LogP contribution in [0.4, 0.5) is 10.1 Å². The Morgan fingerprint density at radius 2 is 2.16 bits per heavy atom. The van der Waals surface area contributed by atoms with Crippen molar-refractivity contribution in [2.24, 2.45) is 0 Å². The maximum absolute atomic E-state index is 13.1. The molecule has 0 spiro atoms. The first-order valence-corrected chi connectivity index (χ1v) is 7.00. The fourth-order valence-corrected chi connectivity index (χ4v) is 2.82. The summed E-state index contributed by atoms with van der Waals surface area (Å²) in [5.74, 6) is -0.239. The SMILES string of the molecule is Fc1cccc(CNc2c(Cl)ccc3scnc23)c1. The Hall–Kier alpha value is -1.65. The number of hydrogen-bond acceptors (Lipinski definition) is 3. The van der Waals surface area contributed by atoms with Crippen LogP contribution in [0, 0.1) is 5.82 Å². The molecule has 0 bridgehead atoms. The van der Waals surface area contributed by atoms with Crippen molar-refractivity contribution in [3.8, 4) is 0 Å². The largest absolute Gasteiger partial charge is 0.378 e. The number of halogens is 2. The van der Waals surface area contributed by atoms with E-state index in [1.165, 1.54) is 12.1 Å². The molecule has 3 rings (SSSR count). The molecule has 0 saturated carbocycles. The summed E-state index contributed by atoms with van der Waals surface area (Å²) in [5.41, 5.74) is 4.30. The second kappa shape index (κ2) is 5.15. The van der Waals surface area contributed by atoms with Gasteiger partial charge < -0.3 is 5.32 Å². The third-order valence-corrected chi connectivity index (χ3v) is 3.92. The molecule has 1 aromatic heterocycles. The van der Waals surface area contributed by atoms with Crippen molar-refractivity contribution < 1.29 is 4.39 Å². The van der Waals surface area contributed by atoms with Gasteiger partial charge in [0.25, 0.3) is 0 Å². The molecule has 19 heavy (non-hydrogen) atoms. The smallest absolute Gasteiger partial charge is 0.123 e. The average molecular weight is 293 g/mol. The van der Waals surface area contributed by atoms with Gasteiger partial charge in [-0.05, 0) is 29.8 Å². The Bertz CT molecular complexity index is 726. The summed E-state index contributed by atoms with van der Waals surface area (Å²) < 4.78 is 14.2. The van der Waals surface area contributed by atoms with E-state index in [1.807, 2.05) is 18.2 Å². The summed E-state index contributed by atoms with van der Waals surface area (Å²) in [4.78, 5) is 4.31. The molecule has 0 saturated heterocycles. The lowest BCUT2D eigenvalue weighted by Crippen LogP contribution is -2.01. The van der Waals surface area contributed by atoms with Crippen LogP contribution >= 0.6 is 22.9 Å². The van der Waals surface area contributed by atoms with Gasteiger partial charge in [0.05, 0.1) is 20.9 Å². The van der Waals surface area contributed by atoms with E-state index in [9.17, 15) is 4.39 Å². The number of thiazole rings is 1. The third-order valence-electron chi connectivity index (χ3n) is 2.81. The molecule has 0 fully saturated rings. The summed E-state index contributed by atoms with van der Waals surface area (Å²) in [5, 5.41) is 3.85. The van der Waals surface area contributed by atoms with Gasteiger partial charge in [-0.25, -0.2) is 9.37 Å². The van der Waals surface area contributed by atoms with Crippen molar-refractivity contribution in [2.45, 2.75) is 6.54 Å². The van der Waals surface area contributed by atoms with E-state index in [0.717, 1.165) is 21.5 Å². The molecular weight excluding hydrogens is 283 g/mol. The van der Waals surface area contributed by atoms with E-state index < -0.39 is 0 Å². The van der Waals surface area contributed by atoms with Crippen LogP contribution in [-0.4, -0.2) is 4.98 Å². The first-order chi connectivity index (χ1) is 9.24. The minimum Gasteiger partial charge on any atom is -0.378 e. The van der Waals surface area contributed by atoms with Crippen LogP contribution in [-0.2, 0) is 6.54 Å². The highest BCUT2D eigenvalue weighted by molar-refractivity contribution is 7.16. The second-order valence-electron chi connectivity index (χ2n) is 4.10. The van der Waals surface area contributed by atoms with Gasteiger partial charge in [-0.3, -0.25) is 0 Å². The van der Waals surface area contributed by atoms with Crippen LogP contribution in [0.2, 0.25) is 5.02 Å². The van der Waals surface area contributed by atoms with Gasteiger partial charge in [0.1, 0.15) is 11.3 Å². The Labute approximate surface area is 118 Å². The van der Waals surface area contributed by atoms with Crippen molar-refractivity contribution >= 4 is 38.8 Å². The summed E-state index contributed by atoms with van der Waals surface area (Å²) in [7, 11) is 0. The van der Waals surface area contributed by atoms with Crippen molar-refractivity contribution in [2.75, 3.05) is 5.32 Å². The molecule has 0 aliphatic heterocycles. The molecule has 2 nitrogen and oxygen atoms in total. The summed E-state index contributed by atoms with van der Waals surface area (Å²) in [6, 6.07) is 10.3. The summed E-state index contributed by atoms with van der Waals surface area (Å²) >= 11 is 7.75. The zero-order chi connectivity index (χ0) is 13.2. The minimum absolute atomic E-state index is 0.239. The highest BCUT2D eigenvalue weighted by Gasteiger charge is 2.08. The number of hydrogen-bond donors (Lipinski definition) is 1. The van der Waals surface area contributed by atoms with Gasteiger partial charge >= 0.3 is 0 Å². The highest BCUT2D eigenvalue weighted by Crippen LogP contribution is 2.32. The summed E-state index contributed by atoms with van der Waals surface area (Å²) in [6.45, 7) is 0.508. The Balaban J connectivity index is 1.89. The van der Waals surface area contributed by atoms with Crippen LogP contribution < -0.4 is 5.32 Å². The van der Waals surface area contributed by atoms with E-state index in [1.54, 1.807) is 22.9 Å². The van der Waals surface area contributed by atoms with Gasteiger partial charge in [0, 0.05) is 6.54 Å². The third kappa shape index (κ3) is 2.55. The van der Waals surface area contributed by atoms with Crippen LogP contribution in [0.5, 0.6) is 0 Å². The van der Waals surface area contributed by atoms with Crippen LogP contribution in [0.1, 0.15) is 5.56 Å². The Morgan fingerprint density at radius 1 is 1.26 bits per heavy atom. The second-order valence-corrected chi connectivity index (χ2v) is 5.40. The molecule has 0 aliphatic rings. The van der Waals surface area contributed by atoms with Gasteiger partial charge in [0.2, 0.25) is 0 Å². The predicted octanol–water partition coefficient (Wildman–Crippen LogP) is 4.70. The van der Waals surface area contributed by atoms with Gasteiger partial charge in [-0.2, -0.15) is 0 Å². The van der Waals surface area contributed by atoms with Crippen LogP contribution in [0.3, 0.4) is 0 Å². The molecule has 0 aliphatic carbocycles. The van der Waals surface area contributed by atoms with E-state index in [-0.39, 0.29) is 5.82 Å². The number of rotatable bonds is 3. The average Bonchev–Trinajstić information content (AvgIpc) is 2.86. The Kier molecular flexibility index (Phi) is 3.36. The highest BCUT2D eigenvalue weighted by atomic mass is 35.5. The molecule has 0 unspecified atom stereocenters. The fourth-order valence-electron chi connectivity index (χ4n) is 1.91. The van der Waals surface area contributed by atoms with Gasteiger partial charge in [-0.15, -0.1) is 11.3 Å². The fraction of sp³-hybridized carbons (Fsp3) is 0.0714. The van der Waals surface area contributed by atoms with E-state index in [2.05, 4.69) is 10.3 Å². The molecule has 96 valence electrons. The number of aromatic nitrogens is 1. The molecule has 5 heteroatoms. The standard InChI is InChI=1S/C14H10ClFN2S/c15-11-4-5-12-14(18-8-19-12)13(11)17-7-9-2-1-3-10(16)6-9/h1-6,8,17H,7H2. The maximum atomic E-state index is 13.1. The van der Waals surface area contributed by atoms with Crippen LogP contribution in [0.25, 0.3) is 10.2 Å². The molecule has 1 heterocycles. The lowest BCUT2D eigenvalue weighted by atomic mass is 10.2. The lowest BCUT2D eigenvalue weighted by Gasteiger charge is -2.09. The van der Waals surface area contributed by atoms with Crippen LogP contribution in [0.15, 0.2) is 41.9 Å². The molecule has 0 radical (unpaired) electrons. The van der Waals surface area contributed by atoms with Crippen molar-refractivity contribution in [3.63, 3.8) is 0 Å². The maximum Gasteiger partial charge on any atom is 0.123 e.